The molecule has 0 spiro atoms. The van der Waals surface area contributed by atoms with Crippen molar-refractivity contribution in [1.82, 2.24) is 10.2 Å². The van der Waals surface area contributed by atoms with E-state index in [1.807, 2.05) is 24.3 Å². The van der Waals surface area contributed by atoms with Gasteiger partial charge in [-0.2, -0.15) is 0 Å². The monoisotopic (exact) mass is 329 g/mol. The van der Waals surface area contributed by atoms with Crippen LogP contribution in [-0.4, -0.2) is 48.9 Å². The van der Waals surface area contributed by atoms with Crippen LogP contribution in [0.4, 0.5) is 5.69 Å². The molecule has 1 aliphatic carbocycles. The van der Waals surface area contributed by atoms with Gasteiger partial charge in [-0.3, -0.25) is 14.5 Å². The predicted octanol–water partition coefficient (Wildman–Crippen LogP) is 1.95. The van der Waals surface area contributed by atoms with Gasteiger partial charge in [-0.25, -0.2) is 0 Å². The van der Waals surface area contributed by atoms with E-state index >= 15 is 0 Å². The van der Waals surface area contributed by atoms with E-state index in [0.717, 1.165) is 24.1 Å². The van der Waals surface area contributed by atoms with Gasteiger partial charge in [0.15, 0.2) is 0 Å². The third kappa shape index (κ3) is 3.96. The van der Waals surface area contributed by atoms with Gasteiger partial charge in [0.2, 0.25) is 11.8 Å². The van der Waals surface area contributed by atoms with Crippen LogP contribution in [0.1, 0.15) is 38.2 Å². The maximum atomic E-state index is 12.4. The maximum absolute atomic E-state index is 12.4. The van der Waals surface area contributed by atoms with Crippen LogP contribution >= 0.6 is 0 Å². The van der Waals surface area contributed by atoms with E-state index in [0.29, 0.717) is 25.0 Å². The number of nitrogens with one attached hydrogen (secondary N) is 1. The zero-order valence-electron chi connectivity index (χ0n) is 14.6. The molecular weight excluding hydrogens is 302 g/mol. The maximum Gasteiger partial charge on any atom is 0.240 e. The molecule has 130 valence electrons. The van der Waals surface area contributed by atoms with Crippen molar-refractivity contribution in [3.8, 4) is 0 Å². The van der Waals surface area contributed by atoms with E-state index in [1.165, 1.54) is 12.8 Å². The Morgan fingerprint density at radius 1 is 1.33 bits per heavy atom. The number of carbonyl (C=O) groups is 2. The molecule has 1 aromatic carbocycles. The highest BCUT2D eigenvalue weighted by molar-refractivity contribution is 5.99. The number of likely N-dealkylation sites (N-methyl/N-ethyl adjacent to an activating group) is 1. The van der Waals surface area contributed by atoms with E-state index in [2.05, 4.69) is 24.2 Å². The lowest BCUT2D eigenvalue weighted by Gasteiger charge is -2.26. The molecule has 2 amide bonds. The first-order valence-corrected chi connectivity index (χ1v) is 8.93. The van der Waals surface area contributed by atoms with Crippen molar-refractivity contribution >= 4 is 17.5 Å². The lowest BCUT2D eigenvalue weighted by molar-refractivity contribution is -0.124. The summed E-state index contributed by atoms with van der Waals surface area (Å²) in [5.41, 5.74) is 2.04. The van der Waals surface area contributed by atoms with Crippen molar-refractivity contribution in [3.05, 3.63) is 29.8 Å². The number of nitrogens with zero attached hydrogens (tertiary/aromatic N) is 2. The molecule has 1 aromatic rings. The Morgan fingerprint density at radius 3 is 2.83 bits per heavy atom. The van der Waals surface area contributed by atoms with Crippen molar-refractivity contribution in [2.45, 2.75) is 51.1 Å². The molecule has 1 saturated carbocycles. The number of fused-ring (bicyclic) bond motifs is 1. The summed E-state index contributed by atoms with van der Waals surface area (Å²) >= 11 is 0. The van der Waals surface area contributed by atoms with Crippen LogP contribution < -0.4 is 10.2 Å². The van der Waals surface area contributed by atoms with Crippen molar-refractivity contribution in [3.63, 3.8) is 0 Å². The molecule has 0 aromatic heterocycles. The highest BCUT2D eigenvalue weighted by atomic mass is 16.2. The van der Waals surface area contributed by atoms with Gasteiger partial charge < -0.3 is 10.2 Å². The minimum Gasteiger partial charge on any atom is -0.353 e. The summed E-state index contributed by atoms with van der Waals surface area (Å²) < 4.78 is 0. The average Bonchev–Trinajstić information content (AvgIpc) is 3.42. The Kier molecular flexibility index (Phi) is 5.19. The van der Waals surface area contributed by atoms with E-state index < -0.39 is 0 Å². The summed E-state index contributed by atoms with van der Waals surface area (Å²) in [6.07, 6.45) is 4.75. The molecule has 1 N–H and O–H groups in total. The fourth-order valence-corrected chi connectivity index (χ4v) is 3.31. The lowest BCUT2D eigenvalue weighted by atomic mass is 10.1. The lowest BCUT2D eigenvalue weighted by Crippen LogP contribution is -2.45. The number of benzene rings is 1. The largest absolute Gasteiger partial charge is 0.353 e. The minimum atomic E-state index is -0.0869. The Morgan fingerprint density at radius 2 is 2.08 bits per heavy atom. The summed E-state index contributed by atoms with van der Waals surface area (Å²) in [5, 5.41) is 2.99. The van der Waals surface area contributed by atoms with E-state index in [1.54, 1.807) is 4.90 Å². The minimum absolute atomic E-state index is 0.0400. The number of aryl methyl sites for hydroxylation is 1. The molecule has 1 aliphatic heterocycles. The number of anilines is 1. The average molecular weight is 329 g/mol. The number of hydrogen-bond acceptors (Lipinski definition) is 3. The molecular formula is C19H27N3O2. The first kappa shape index (κ1) is 17.0. The van der Waals surface area contributed by atoms with Gasteiger partial charge in [0.25, 0.3) is 0 Å². The molecule has 1 fully saturated rings. The van der Waals surface area contributed by atoms with Crippen LogP contribution in [-0.2, 0) is 16.0 Å². The number of carbonyl (C=O) groups excluding carboxylic acids is 2. The molecule has 1 heterocycles. The molecule has 5 nitrogen and oxygen atoms in total. The molecule has 0 saturated heterocycles. The van der Waals surface area contributed by atoms with Gasteiger partial charge in [-0.05, 0) is 51.3 Å². The van der Waals surface area contributed by atoms with Crippen LogP contribution in [0, 0.1) is 0 Å². The molecule has 0 radical (unpaired) electrons. The summed E-state index contributed by atoms with van der Waals surface area (Å²) in [6, 6.07) is 8.89. The molecule has 1 unspecified atom stereocenters. The van der Waals surface area contributed by atoms with Gasteiger partial charge in [-0.1, -0.05) is 18.2 Å². The number of amides is 2. The molecule has 5 heteroatoms. The Labute approximate surface area is 144 Å². The van der Waals surface area contributed by atoms with Crippen molar-refractivity contribution in [1.29, 1.82) is 0 Å². The zero-order chi connectivity index (χ0) is 17.1. The highest BCUT2D eigenvalue weighted by Gasteiger charge is 2.29. The molecule has 0 bridgehead atoms. The standard InChI is InChI=1S/C19H27N3O2/c1-14(21(2)16-10-11-16)12-20-18(23)13-22-17-8-4-3-6-15(17)7-5-9-19(22)24/h3-4,6,8,14,16H,5,7,9-13H2,1-2H3,(H,20,23). The summed E-state index contributed by atoms with van der Waals surface area (Å²) in [4.78, 5) is 28.7. The van der Waals surface area contributed by atoms with Gasteiger partial charge in [0.1, 0.15) is 6.54 Å². The fraction of sp³-hybridized carbons (Fsp3) is 0.579. The second-order valence-corrected chi connectivity index (χ2v) is 7.01. The molecule has 3 rings (SSSR count). The molecule has 1 atom stereocenters. The summed E-state index contributed by atoms with van der Waals surface area (Å²) in [7, 11) is 2.11. The summed E-state index contributed by atoms with van der Waals surface area (Å²) in [6.45, 7) is 2.86. The van der Waals surface area contributed by atoms with Gasteiger partial charge >= 0.3 is 0 Å². The van der Waals surface area contributed by atoms with Crippen LogP contribution in [0.25, 0.3) is 0 Å². The normalized spacial score (nSPS) is 19.0. The Bertz CT molecular complexity index is 612. The molecule has 24 heavy (non-hydrogen) atoms. The number of rotatable bonds is 6. The second kappa shape index (κ2) is 7.34. The Balaban J connectivity index is 1.59. The van der Waals surface area contributed by atoms with Crippen molar-refractivity contribution in [2.75, 3.05) is 25.0 Å². The summed E-state index contributed by atoms with van der Waals surface area (Å²) in [5.74, 6) is -0.0469. The SMILES string of the molecule is CC(CNC(=O)CN1C(=O)CCCc2ccccc21)N(C)C1CC1. The van der Waals surface area contributed by atoms with E-state index in [9.17, 15) is 9.59 Å². The molecule has 2 aliphatic rings. The number of para-hydroxylation sites is 1. The van der Waals surface area contributed by atoms with Crippen LogP contribution in [0.2, 0.25) is 0 Å². The second-order valence-electron chi connectivity index (χ2n) is 7.01. The van der Waals surface area contributed by atoms with Gasteiger partial charge in [0, 0.05) is 30.7 Å². The van der Waals surface area contributed by atoms with E-state index in [4.69, 9.17) is 0 Å². The van der Waals surface area contributed by atoms with Crippen molar-refractivity contribution < 1.29 is 9.59 Å². The third-order valence-electron chi connectivity index (χ3n) is 5.13. The van der Waals surface area contributed by atoms with Crippen LogP contribution in [0.3, 0.4) is 0 Å². The van der Waals surface area contributed by atoms with Gasteiger partial charge in [-0.15, -0.1) is 0 Å². The number of hydrogen-bond donors (Lipinski definition) is 1. The smallest absolute Gasteiger partial charge is 0.240 e. The third-order valence-corrected chi connectivity index (χ3v) is 5.13. The fourth-order valence-electron chi connectivity index (χ4n) is 3.31. The Hall–Kier alpha value is -1.88. The van der Waals surface area contributed by atoms with Crippen molar-refractivity contribution in [2.24, 2.45) is 0 Å². The first-order chi connectivity index (χ1) is 11.6. The van der Waals surface area contributed by atoms with E-state index in [-0.39, 0.29) is 18.4 Å². The quantitative estimate of drug-likeness (QED) is 0.868. The van der Waals surface area contributed by atoms with Gasteiger partial charge in [0.05, 0.1) is 0 Å². The zero-order valence-corrected chi connectivity index (χ0v) is 14.6. The topological polar surface area (TPSA) is 52.7 Å². The first-order valence-electron chi connectivity index (χ1n) is 8.93. The predicted molar refractivity (Wildman–Crippen MR) is 95.0 cm³/mol. The highest BCUT2D eigenvalue weighted by Crippen LogP contribution is 2.27. The van der Waals surface area contributed by atoms with Crippen LogP contribution in [0.15, 0.2) is 24.3 Å². The van der Waals surface area contributed by atoms with Crippen LogP contribution in [0.5, 0.6) is 0 Å².